The molecule has 0 amide bonds. The zero-order valence-electron chi connectivity index (χ0n) is 22.9. The topological polar surface area (TPSA) is 103 Å². The maximum Gasteiger partial charge on any atom is 0.333 e. The number of aryl methyl sites for hydroxylation is 1. The molecule has 1 N–H and O–H groups in total. The van der Waals surface area contributed by atoms with E-state index in [4.69, 9.17) is 4.74 Å². The predicted molar refractivity (Wildman–Crippen MR) is 154 cm³/mol. The second-order valence-electron chi connectivity index (χ2n) is 9.89. The third kappa shape index (κ3) is 5.56. The quantitative estimate of drug-likeness (QED) is 0.149. The molecule has 0 aliphatic rings. The maximum atomic E-state index is 15.2. The molecule has 220 valence electrons. The number of H-pyrrole nitrogens is 1. The van der Waals surface area contributed by atoms with Gasteiger partial charge in [0.2, 0.25) is 0 Å². The summed E-state index contributed by atoms with van der Waals surface area (Å²) in [5, 5.41) is 3.63. The minimum atomic E-state index is -2.78. The smallest absolute Gasteiger partial charge is 0.333 e. The lowest BCUT2D eigenvalue weighted by molar-refractivity contribution is 0.0566. The number of aromatic amines is 1. The van der Waals surface area contributed by atoms with Crippen LogP contribution in [0, 0.1) is 18.6 Å². The van der Waals surface area contributed by atoms with Crippen LogP contribution in [-0.4, -0.2) is 30.5 Å². The number of halogens is 4. The fourth-order valence-electron chi connectivity index (χ4n) is 4.77. The van der Waals surface area contributed by atoms with E-state index in [0.29, 0.717) is 43.7 Å². The summed E-state index contributed by atoms with van der Waals surface area (Å²) < 4.78 is 60.7. The molecule has 0 aliphatic heterocycles. The van der Waals surface area contributed by atoms with Crippen LogP contribution >= 0.6 is 0 Å². The van der Waals surface area contributed by atoms with Gasteiger partial charge in [0, 0.05) is 59.7 Å². The van der Waals surface area contributed by atoms with Gasteiger partial charge in [-0.15, -0.1) is 0 Å². The molecular formula is C32H21F4N5O3. The van der Waals surface area contributed by atoms with E-state index >= 15 is 4.39 Å². The first-order chi connectivity index (χ1) is 21.2. The van der Waals surface area contributed by atoms with E-state index in [1.54, 1.807) is 13.0 Å². The maximum absolute atomic E-state index is 15.2. The van der Waals surface area contributed by atoms with Crippen molar-refractivity contribution in [3.05, 3.63) is 124 Å². The van der Waals surface area contributed by atoms with Gasteiger partial charge in [0.1, 0.15) is 11.3 Å². The first-order valence-electron chi connectivity index (χ1n) is 13.2. The van der Waals surface area contributed by atoms with Crippen molar-refractivity contribution < 1.29 is 27.1 Å². The summed E-state index contributed by atoms with van der Waals surface area (Å²) in [6, 6.07) is 12.5. The number of alkyl halides is 2. The van der Waals surface area contributed by atoms with E-state index in [9.17, 15) is 22.8 Å². The molecule has 6 aromatic rings. The van der Waals surface area contributed by atoms with Crippen LogP contribution in [0.15, 0.2) is 90.4 Å². The molecule has 44 heavy (non-hydrogen) atoms. The molecule has 0 unspecified atom stereocenters. The highest BCUT2D eigenvalue weighted by Gasteiger charge is 2.19. The number of pyridine rings is 3. The van der Waals surface area contributed by atoms with Crippen molar-refractivity contribution in [2.45, 2.75) is 19.9 Å². The molecule has 0 saturated carbocycles. The van der Waals surface area contributed by atoms with Crippen LogP contribution in [0.4, 0.5) is 17.6 Å². The molecule has 2 aromatic carbocycles. The van der Waals surface area contributed by atoms with Crippen LogP contribution in [0.25, 0.3) is 33.3 Å². The molecule has 12 heteroatoms. The first-order valence-corrected chi connectivity index (χ1v) is 13.2. The van der Waals surface area contributed by atoms with Crippen LogP contribution in [-0.2, 0) is 6.42 Å². The van der Waals surface area contributed by atoms with Gasteiger partial charge in [0.15, 0.2) is 28.5 Å². The van der Waals surface area contributed by atoms with E-state index < -0.39 is 29.4 Å². The van der Waals surface area contributed by atoms with Crippen molar-refractivity contribution in [1.29, 1.82) is 0 Å². The zero-order chi connectivity index (χ0) is 31.0. The number of benzene rings is 2. The molecule has 0 atom stereocenters. The molecule has 0 fully saturated rings. The average Bonchev–Trinajstić information content (AvgIpc) is 3.50. The van der Waals surface area contributed by atoms with Crippen LogP contribution < -0.4 is 10.2 Å². The number of aromatic nitrogens is 5. The molecule has 0 bridgehead atoms. The molecule has 4 aromatic heterocycles. The lowest BCUT2D eigenvalue weighted by Gasteiger charge is -2.11. The van der Waals surface area contributed by atoms with Crippen molar-refractivity contribution >= 4 is 16.8 Å². The second-order valence-corrected chi connectivity index (χ2v) is 9.89. The Labute approximate surface area is 246 Å². The lowest BCUT2D eigenvalue weighted by Crippen LogP contribution is -2.20. The third-order valence-electron chi connectivity index (χ3n) is 6.97. The Morgan fingerprint density at radius 3 is 2.48 bits per heavy atom. The fraction of sp³-hybridized carbons (Fsp3) is 0.0938. The number of hydrogen-bond acceptors (Lipinski definition) is 6. The van der Waals surface area contributed by atoms with E-state index in [1.807, 2.05) is 0 Å². The van der Waals surface area contributed by atoms with Crippen molar-refractivity contribution in [2.75, 3.05) is 0 Å². The van der Waals surface area contributed by atoms with Gasteiger partial charge in [-0.3, -0.25) is 19.6 Å². The number of Topliss-reactive ketones (excluding diaryl/α,β-unsaturated/α-hetero) is 1. The number of rotatable bonds is 8. The van der Waals surface area contributed by atoms with Crippen LogP contribution in [0.1, 0.15) is 28.2 Å². The molecule has 0 saturated heterocycles. The lowest BCUT2D eigenvalue weighted by atomic mass is 9.98. The Morgan fingerprint density at radius 1 is 0.955 bits per heavy atom. The minimum absolute atomic E-state index is 0.106. The number of ether oxygens (including phenoxy) is 1. The summed E-state index contributed by atoms with van der Waals surface area (Å²) in [5.41, 5.74) is 2.55. The van der Waals surface area contributed by atoms with Gasteiger partial charge in [-0.05, 0) is 48.4 Å². The summed E-state index contributed by atoms with van der Waals surface area (Å²) in [5.74, 6) is -1.66. The van der Waals surface area contributed by atoms with Crippen LogP contribution in [0.3, 0.4) is 0 Å². The molecular weight excluding hydrogens is 578 g/mol. The summed E-state index contributed by atoms with van der Waals surface area (Å²) in [6.07, 6.45) is 6.43. The first kappa shape index (κ1) is 28.5. The number of nitrogens with one attached hydrogen (secondary N) is 1. The standard InChI is InChI=1S/C32H21F4N5O3/c1-17-29(19-3-5-22(33)6-4-19)31(43)23(15-38-17)26(42)11-18-2-7-27(24(34)10-18)44-28-8-9-37-25-12-20(13-39-30(25)28)21-14-40-41(16-21)32(35)36/h2-10,12-16,32H,11H2,1H3,(H,38,43). The van der Waals surface area contributed by atoms with Gasteiger partial charge in [0.25, 0.3) is 0 Å². The molecule has 6 rings (SSSR count). The van der Waals surface area contributed by atoms with Gasteiger partial charge in [0.05, 0.1) is 17.3 Å². The van der Waals surface area contributed by atoms with E-state index in [0.717, 1.165) is 6.07 Å². The highest BCUT2D eigenvalue weighted by molar-refractivity contribution is 5.98. The molecule has 0 radical (unpaired) electrons. The summed E-state index contributed by atoms with van der Waals surface area (Å²) in [6.45, 7) is -1.10. The normalized spacial score (nSPS) is 11.3. The molecule has 0 spiro atoms. The van der Waals surface area contributed by atoms with Gasteiger partial charge in [-0.25, -0.2) is 13.5 Å². The van der Waals surface area contributed by atoms with E-state index in [2.05, 4.69) is 20.1 Å². The Balaban J connectivity index is 1.22. The monoisotopic (exact) mass is 599 g/mol. The Hall–Kier alpha value is -5.65. The van der Waals surface area contributed by atoms with Gasteiger partial charge < -0.3 is 9.72 Å². The highest BCUT2D eigenvalue weighted by Crippen LogP contribution is 2.32. The van der Waals surface area contributed by atoms with Crippen molar-refractivity contribution in [3.8, 4) is 33.8 Å². The van der Waals surface area contributed by atoms with Crippen molar-refractivity contribution in [2.24, 2.45) is 0 Å². The van der Waals surface area contributed by atoms with Crippen molar-refractivity contribution in [1.82, 2.24) is 24.7 Å². The third-order valence-corrected chi connectivity index (χ3v) is 6.97. The number of hydrogen-bond donors (Lipinski definition) is 1. The number of ketones is 1. The molecule has 8 nitrogen and oxygen atoms in total. The van der Waals surface area contributed by atoms with Gasteiger partial charge in [-0.1, -0.05) is 18.2 Å². The number of carbonyl (C=O) groups is 1. The van der Waals surface area contributed by atoms with E-state index in [1.165, 1.54) is 73.4 Å². The minimum Gasteiger partial charge on any atom is -0.452 e. The number of carbonyl (C=O) groups excluding carboxylic acids is 1. The van der Waals surface area contributed by atoms with Crippen LogP contribution in [0.2, 0.25) is 0 Å². The Bertz CT molecular complexity index is 2090. The number of fused-ring (bicyclic) bond motifs is 1. The number of nitrogens with zero attached hydrogens (tertiary/aromatic N) is 4. The van der Waals surface area contributed by atoms with Gasteiger partial charge >= 0.3 is 6.55 Å². The Morgan fingerprint density at radius 2 is 1.75 bits per heavy atom. The fourth-order valence-corrected chi connectivity index (χ4v) is 4.77. The molecule has 4 heterocycles. The highest BCUT2D eigenvalue weighted by atomic mass is 19.3. The summed E-state index contributed by atoms with van der Waals surface area (Å²) in [4.78, 5) is 37.8. The van der Waals surface area contributed by atoms with Gasteiger partial charge in [-0.2, -0.15) is 13.9 Å². The largest absolute Gasteiger partial charge is 0.452 e. The SMILES string of the molecule is Cc1[nH]cc(C(=O)Cc2ccc(Oc3ccnc4cc(-c5cnn(C(F)F)c5)cnc34)c(F)c2)c(=O)c1-c1ccc(F)cc1. The predicted octanol–water partition coefficient (Wildman–Crippen LogP) is 7.05. The second kappa shape index (κ2) is 11.6. The van der Waals surface area contributed by atoms with E-state index in [-0.39, 0.29) is 29.0 Å². The van der Waals surface area contributed by atoms with Crippen LogP contribution in [0.5, 0.6) is 11.5 Å². The zero-order valence-corrected chi connectivity index (χ0v) is 22.9. The summed E-state index contributed by atoms with van der Waals surface area (Å²) >= 11 is 0. The average molecular weight is 600 g/mol. The Kier molecular flexibility index (Phi) is 7.48. The summed E-state index contributed by atoms with van der Waals surface area (Å²) in [7, 11) is 0. The molecule has 0 aliphatic carbocycles. The van der Waals surface area contributed by atoms with Crippen molar-refractivity contribution in [3.63, 3.8) is 0 Å².